The number of para-hydroxylation sites is 2. The van der Waals surface area contributed by atoms with Crippen LogP contribution in [0.25, 0.3) is 0 Å². The minimum absolute atomic E-state index is 0.549. The molecule has 1 unspecified atom stereocenters. The van der Waals surface area contributed by atoms with Crippen LogP contribution in [0.5, 0.6) is 5.75 Å². The molecule has 18 heavy (non-hydrogen) atoms. The van der Waals surface area contributed by atoms with Gasteiger partial charge in [0, 0.05) is 13.1 Å². The van der Waals surface area contributed by atoms with Crippen molar-refractivity contribution in [3.63, 3.8) is 0 Å². The van der Waals surface area contributed by atoms with Crippen molar-refractivity contribution >= 4 is 5.69 Å². The quantitative estimate of drug-likeness (QED) is 0.870. The smallest absolute Gasteiger partial charge is 0.142 e. The third-order valence-corrected chi connectivity index (χ3v) is 3.40. The van der Waals surface area contributed by atoms with Gasteiger partial charge in [0.2, 0.25) is 0 Å². The van der Waals surface area contributed by atoms with Crippen LogP contribution in [0.15, 0.2) is 24.3 Å². The standard InChI is InChI=1S/C15H24N2O/c1-12(2)11-18-15-6-4-3-5-14(15)17-8-7-13(9-16)10-17/h3-6,12-13H,7-11,16H2,1-2H3. The lowest BCUT2D eigenvalue weighted by molar-refractivity contribution is 0.271. The van der Waals surface area contributed by atoms with Crippen LogP contribution in [-0.4, -0.2) is 26.2 Å². The van der Waals surface area contributed by atoms with Gasteiger partial charge in [0.15, 0.2) is 0 Å². The molecule has 1 heterocycles. The molecule has 2 N–H and O–H groups in total. The Morgan fingerprint density at radius 1 is 1.39 bits per heavy atom. The highest BCUT2D eigenvalue weighted by Gasteiger charge is 2.23. The largest absolute Gasteiger partial charge is 0.491 e. The van der Waals surface area contributed by atoms with Crippen LogP contribution in [0.4, 0.5) is 5.69 Å². The van der Waals surface area contributed by atoms with E-state index in [0.29, 0.717) is 11.8 Å². The third-order valence-electron chi connectivity index (χ3n) is 3.40. The average Bonchev–Trinajstić information content (AvgIpc) is 2.85. The maximum absolute atomic E-state index is 5.91. The fourth-order valence-corrected chi connectivity index (χ4v) is 2.34. The molecule has 0 aromatic heterocycles. The van der Waals surface area contributed by atoms with E-state index in [0.717, 1.165) is 32.0 Å². The predicted molar refractivity (Wildman–Crippen MR) is 76.1 cm³/mol. The van der Waals surface area contributed by atoms with Gasteiger partial charge in [0.1, 0.15) is 5.75 Å². The Balaban J connectivity index is 2.07. The van der Waals surface area contributed by atoms with Crippen molar-refractivity contribution in [2.75, 3.05) is 31.1 Å². The van der Waals surface area contributed by atoms with Crippen molar-refractivity contribution in [3.05, 3.63) is 24.3 Å². The van der Waals surface area contributed by atoms with E-state index in [4.69, 9.17) is 10.5 Å². The fraction of sp³-hybridized carbons (Fsp3) is 0.600. The third kappa shape index (κ3) is 3.16. The maximum Gasteiger partial charge on any atom is 0.142 e. The Morgan fingerprint density at radius 2 is 2.17 bits per heavy atom. The summed E-state index contributed by atoms with van der Waals surface area (Å²) in [6.45, 7) is 8.03. The second-order valence-corrected chi connectivity index (χ2v) is 5.51. The lowest BCUT2D eigenvalue weighted by Gasteiger charge is -2.22. The first-order valence-corrected chi connectivity index (χ1v) is 6.87. The summed E-state index contributed by atoms with van der Waals surface area (Å²) >= 11 is 0. The molecule has 1 aliphatic rings. The van der Waals surface area contributed by atoms with Gasteiger partial charge in [-0.25, -0.2) is 0 Å². The molecular formula is C15H24N2O. The van der Waals surface area contributed by atoms with Crippen molar-refractivity contribution in [2.45, 2.75) is 20.3 Å². The summed E-state index contributed by atoms with van der Waals surface area (Å²) in [7, 11) is 0. The normalized spacial score (nSPS) is 19.6. The Hall–Kier alpha value is -1.22. The van der Waals surface area contributed by atoms with Crippen LogP contribution in [0, 0.1) is 11.8 Å². The second-order valence-electron chi connectivity index (χ2n) is 5.51. The molecule has 2 rings (SSSR count). The minimum Gasteiger partial charge on any atom is -0.491 e. The molecule has 0 saturated carbocycles. The molecule has 3 heteroatoms. The highest BCUT2D eigenvalue weighted by Crippen LogP contribution is 2.32. The Morgan fingerprint density at radius 3 is 2.83 bits per heavy atom. The molecule has 100 valence electrons. The van der Waals surface area contributed by atoms with Gasteiger partial charge in [-0.3, -0.25) is 0 Å². The number of hydrogen-bond donors (Lipinski definition) is 1. The van der Waals surface area contributed by atoms with Crippen LogP contribution < -0.4 is 15.4 Å². The second kappa shape index (κ2) is 6.10. The number of rotatable bonds is 5. The number of ether oxygens (including phenoxy) is 1. The van der Waals surface area contributed by atoms with E-state index in [1.54, 1.807) is 0 Å². The van der Waals surface area contributed by atoms with Gasteiger partial charge in [-0.15, -0.1) is 0 Å². The van der Waals surface area contributed by atoms with Crippen molar-refractivity contribution in [3.8, 4) is 5.75 Å². The van der Waals surface area contributed by atoms with Crippen molar-refractivity contribution in [1.82, 2.24) is 0 Å². The summed E-state index contributed by atoms with van der Waals surface area (Å²) in [5.41, 5.74) is 6.97. The highest BCUT2D eigenvalue weighted by atomic mass is 16.5. The number of benzene rings is 1. The summed E-state index contributed by atoms with van der Waals surface area (Å²) in [4.78, 5) is 2.40. The van der Waals surface area contributed by atoms with E-state index in [1.807, 2.05) is 6.07 Å². The molecule has 0 spiro atoms. The first-order valence-electron chi connectivity index (χ1n) is 6.87. The number of hydrogen-bond acceptors (Lipinski definition) is 3. The average molecular weight is 248 g/mol. The van der Waals surface area contributed by atoms with E-state index in [9.17, 15) is 0 Å². The van der Waals surface area contributed by atoms with Gasteiger partial charge in [0.25, 0.3) is 0 Å². The van der Waals surface area contributed by atoms with E-state index in [-0.39, 0.29) is 0 Å². The monoisotopic (exact) mass is 248 g/mol. The molecule has 1 atom stereocenters. The van der Waals surface area contributed by atoms with Crippen LogP contribution in [0.2, 0.25) is 0 Å². The fourth-order valence-electron chi connectivity index (χ4n) is 2.34. The van der Waals surface area contributed by atoms with E-state index < -0.39 is 0 Å². The maximum atomic E-state index is 5.91. The molecule has 0 bridgehead atoms. The predicted octanol–water partition coefficient (Wildman–Crippen LogP) is 2.51. The first kappa shape index (κ1) is 13.2. The zero-order valence-corrected chi connectivity index (χ0v) is 11.4. The molecule has 1 aromatic rings. The summed E-state index contributed by atoms with van der Waals surface area (Å²) in [5.74, 6) is 2.18. The molecule has 1 aliphatic heterocycles. The van der Waals surface area contributed by atoms with Gasteiger partial charge in [0.05, 0.1) is 12.3 Å². The van der Waals surface area contributed by atoms with E-state index in [1.165, 1.54) is 12.1 Å². The Bertz CT molecular complexity index is 379. The summed E-state index contributed by atoms with van der Waals surface area (Å²) < 4.78 is 5.91. The van der Waals surface area contributed by atoms with Crippen molar-refractivity contribution in [1.29, 1.82) is 0 Å². The van der Waals surface area contributed by atoms with Crippen molar-refractivity contribution < 1.29 is 4.74 Å². The molecule has 3 nitrogen and oxygen atoms in total. The molecule has 1 saturated heterocycles. The summed E-state index contributed by atoms with van der Waals surface area (Å²) in [6.07, 6.45) is 1.19. The number of nitrogens with two attached hydrogens (primary N) is 1. The zero-order chi connectivity index (χ0) is 13.0. The molecule has 0 aliphatic carbocycles. The molecular weight excluding hydrogens is 224 g/mol. The lowest BCUT2D eigenvalue weighted by Crippen LogP contribution is -2.23. The molecule has 0 radical (unpaired) electrons. The minimum atomic E-state index is 0.549. The van der Waals surface area contributed by atoms with Crippen LogP contribution in [0.3, 0.4) is 0 Å². The van der Waals surface area contributed by atoms with E-state index in [2.05, 4.69) is 36.9 Å². The zero-order valence-electron chi connectivity index (χ0n) is 11.4. The van der Waals surface area contributed by atoms with Crippen LogP contribution in [-0.2, 0) is 0 Å². The topological polar surface area (TPSA) is 38.5 Å². The van der Waals surface area contributed by atoms with Gasteiger partial charge < -0.3 is 15.4 Å². The van der Waals surface area contributed by atoms with Crippen LogP contribution in [0.1, 0.15) is 20.3 Å². The molecule has 1 aromatic carbocycles. The molecule has 1 fully saturated rings. The SMILES string of the molecule is CC(C)COc1ccccc1N1CCC(CN)C1. The van der Waals surface area contributed by atoms with Crippen molar-refractivity contribution in [2.24, 2.45) is 17.6 Å². The first-order chi connectivity index (χ1) is 8.70. The van der Waals surface area contributed by atoms with Gasteiger partial charge in [-0.2, -0.15) is 0 Å². The van der Waals surface area contributed by atoms with Gasteiger partial charge >= 0.3 is 0 Å². The summed E-state index contributed by atoms with van der Waals surface area (Å²) in [6, 6.07) is 8.32. The van der Waals surface area contributed by atoms with Gasteiger partial charge in [-0.05, 0) is 36.9 Å². The van der Waals surface area contributed by atoms with Gasteiger partial charge in [-0.1, -0.05) is 26.0 Å². The Labute approximate surface area is 110 Å². The number of anilines is 1. The Kier molecular flexibility index (Phi) is 4.48. The molecule has 0 amide bonds. The number of nitrogens with zero attached hydrogens (tertiary/aromatic N) is 1. The highest BCUT2D eigenvalue weighted by molar-refractivity contribution is 5.59. The lowest BCUT2D eigenvalue weighted by atomic mass is 10.1. The van der Waals surface area contributed by atoms with Crippen LogP contribution >= 0.6 is 0 Å². The van der Waals surface area contributed by atoms with E-state index >= 15 is 0 Å². The summed E-state index contributed by atoms with van der Waals surface area (Å²) in [5, 5.41) is 0.